The number of benzene rings is 1. The first kappa shape index (κ1) is 23.4. The van der Waals surface area contributed by atoms with E-state index in [2.05, 4.69) is 60.9 Å². The molecule has 10 unspecified atom stereocenters. The summed E-state index contributed by atoms with van der Waals surface area (Å²) in [6, 6.07) is 15.4. The Labute approximate surface area is 225 Å². The number of rotatable bonds is 1. The number of hydrogen-bond acceptors (Lipinski definition) is 3. The van der Waals surface area contributed by atoms with Crippen molar-refractivity contribution in [2.45, 2.75) is 140 Å². The van der Waals surface area contributed by atoms with Gasteiger partial charge < -0.3 is 9.80 Å². The second-order valence-electron chi connectivity index (χ2n) is 15.2. The van der Waals surface area contributed by atoms with Gasteiger partial charge in [-0.1, -0.05) is 95.1 Å². The molecule has 0 radical (unpaired) electrons. The zero-order valence-corrected chi connectivity index (χ0v) is 23.6. The lowest BCUT2D eigenvalue weighted by molar-refractivity contribution is -0.0830. The third-order valence-corrected chi connectivity index (χ3v) is 12.7. The number of guanidine groups is 1. The second-order valence-corrected chi connectivity index (χ2v) is 15.2. The highest BCUT2D eigenvalue weighted by Crippen LogP contribution is 2.64. The zero-order chi connectivity index (χ0) is 24.9. The fourth-order valence-corrected chi connectivity index (χ4v) is 11.5. The van der Waals surface area contributed by atoms with Gasteiger partial charge in [0.25, 0.3) is 0 Å². The van der Waals surface area contributed by atoms with Crippen LogP contribution in [0.2, 0.25) is 11.6 Å². The summed E-state index contributed by atoms with van der Waals surface area (Å²) in [5.41, 5.74) is 2.01. The van der Waals surface area contributed by atoms with Gasteiger partial charge in [-0.15, -0.1) is 0 Å². The van der Waals surface area contributed by atoms with Gasteiger partial charge in [-0.05, 0) is 67.4 Å². The quantitative estimate of drug-likeness (QED) is 0.407. The minimum atomic E-state index is 0.353. The molecule has 7 aliphatic rings. The fourth-order valence-electron chi connectivity index (χ4n) is 11.5. The molecule has 3 heterocycles. The third kappa shape index (κ3) is 3.35. The van der Waals surface area contributed by atoms with Crippen LogP contribution in [0.5, 0.6) is 0 Å². The molecule has 0 N–H and O–H groups in total. The maximum atomic E-state index is 5.74. The van der Waals surface area contributed by atoms with Crippen LogP contribution < -0.4 is 5.46 Å². The van der Waals surface area contributed by atoms with Crippen LogP contribution in [0.1, 0.15) is 97.8 Å². The Kier molecular flexibility index (Phi) is 5.40. The van der Waals surface area contributed by atoms with Gasteiger partial charge in [0.2, 0.25) is 0 Å². The van der Waals surface area contributed by atoms with Crippen molar-refractivity contribution in [3.8, 4) is 0 Å². The van der Waals surface area contributed by atoms with E-state index in [-0.39, 0.29) is 0 Å². The molecule has 8 rings (SSSR count). The number of hydrogen-bond donors (Lipinski definition) is 0. The van der Waals surface area contributed by atoms with Crippen molar-refractivity contribution in [3.63, 3.8) is 0 Å². The van der Waals surface area contributed by atoms with Crippen LogP contribution in [0.4, 0.5) is 0 Å². The SMILES string of the molecule is CC(C)(C)C1CC2CCCC3C2C2C1B(c1ccccc1)C1CCCCC1N2C1=NC2CCCCC2N13. The standard InChI is InChI=1S/C33H48BN3/c1-33(2,3)23-20-21-12-11-19-28-29(21)31-30(23)34(22-13-5-4-6-14-22)24-15-7-9-17-26(24)37(31)32-35-25-16-8-10-18-27(25)36(28)32/h4-6,13-14,21,23-31H,7-12,15-20H2,1-3H3. The Balaban J connectivity index is 1.33. The van der Waals surface area contributed by atoms with Crippen LogP contribution in [0.3, 0.4) is 0 Å². The van der Waals surface area contributed by atoms with Crippen LogP contribution in [-0.4, -0.2) is 52.7 Å². The zero-order valence-electron chi connectivity index (χ0n) is 23.6. The lowest BCUT2D eigenvalue weighted by Crippen LogP contribution is -2.77. The molecule has 2 saturated heterocycles. The third-order valence-electron chi connectivity index (χ3n) is 12.7. The Bertz CT molecular complexity index is 1050. The average Bonchev–Trinajstić information content (AvgIpc) is 3.31. The minimum absolute atomic E-state index is 0.353. The molecule has 6 fully saturated rings. The van der Waals surface area contributed by atoms with E-state index in [1.54, 1.807) is 5.46 Å². The van der Waals surface area contributed by atoms with Crippen molar-refractivity contribution in [1.29, 1.82) is 0 Å². The first-order valence-corrected chi connectivity index (χ1v) is 16.2. The second kappa shape index (κ2) is 8.53. The number of aliphatic imine (C=N–C) groups is 1. The maximum absolute atomic E-state index is 5.74. The molecule has 0 amide bonds. The van der Waals surface area contributed by atoms with Crippen molar-refractivity contribution >= 4 is 18.1 Å². The molecule has 4 aliphatic carbocycles. The van der Waals surface area contributed by atoms with E-state index in [9.17, 15) is 0 Å². The predicted octanol–water partition coefficient (Wildman–Crippen LogP) is 6.60. The van der Waals surface area contributed by atoms with Gasteiger partial charge in [0, 0.05) is 24.0 Å². The molecular weight excluding hydrogens is 449 g/mol. The predicted molar refractivity (Wildman–Crippen MR) is 155 cm³/mol. The Morgan fingerprint density at radius 1 is 0.784 bits per heavy atom. The van der Waals surface area contributed by atoms with Gasteiger partial charge in [-0.25, -0.2) is 4.99 Å². The highest BCUT2D eigenvalue weighted by Gasteiger charge is 2.67. The molecule has 10 atom stereocenters. The lowest BCUT2D eigenvalue weighted by Gasteiger charge is -2.70. The van der Waals surface area contributed by atoms with E-state index in [0.717, 1.165) is 42.1 Å². The summed E-state index contributed by atoms with van der Waals surface area (Å²) in [6.45, 7) is 8.45. The first-order valence-electron chi connectivity index (χ1n) is 16.2. The normalized spacial score (nSPS) is 44.4. The Morgan fingerprint density at radius 2 is 1.51 bits per heavy atom. The molecule has 0 spiro atoms. The summed E-state index contributed by atoms with van der Waals surface area (Å²) < 4.78 is 0. The molecule has 37 heavy (non-hydrogen) atoms. The highest BCUT2D eigenvalue weighted by atomic mass is 15.5. The van der Waals surface area contributed by atoms with Gasteiger partial charge >= 0.3 is 0 Å². The summed E-state index contributed by atoms with van der Waals surface area (Å²) in [5, 5.41) is 0. The van der Waals surface area contributed by atoms with Crippen LogP contribution in [0.15, 0.2) is 35.3 Å². The smallest absolute Gasteiger partial charge is 0.198 e. The first-order chi connectivity index (χ1) is 18.0. The molecule has 0 aromatic heterocycles. The number of fused-ring (bicyclic) bond motifs is 7. The highest BCUT2D eigenvalue weighted by molar-refractivity contribution is 6.76. The van der Waals surface area contributed by atoms with Gasteiger partial charge in [-0.3, -0.25) is 0 Å². The van der Waals surface area contributed by atoms with E-state index < -0.39 is 0 Å². The van der Waals surface area contributed by atoms with E-state index in [1.807, 2.05) is 0 Å². The van der Waals surface area contributed by atoms with Crippen molar-refractivity contribution in [2.75, 3.05) is 0 Å². The molecular formula is C33H48BN3. The van der Waals surface area contributed by atoms with E-state index in [0.29, 0.717) is 29.6 Å². The Hall–Kier alpha value is -1.45. The molecule has 1 aromatic carbocycles. The minimum Gasteiger partial charge on any atom is -0.337 e. The van der Waals surface area contributed by atoms with Gasteiger partial charge in [0.1, 0.15) is 0 Å². The van der Waals surface area contributed by atoms with Gasteiger partial charge in [-0.2, -0.15) is 0 Å². The van der Waals surface area contributed by atoms with Crippen LogP contribution in [-0.2, 0) is 0 Å². The van der Waals surface area contributed by atoms with E-state index in [4.69, 9.17) is 4.99 Å². The lowest BCUT2D eigenvalue weighted by atomic mass is 9.21. The Morgan fingerprint density at radius 3 is 2.32 bits per heavy atom. The van der Waals surface area contributed by atoms with E-state index in [1.165, 1.54) is 83.0 Å². The summed E-state index contributed by atoms with van der Waals surface area (Å²) in [6.07, 6.45) is 17.0. The summed E-state index contributed by atoms with van der Waals surface area (Å²) in [4.78, 5) is 11.9. The van der Waals surface area contributed by atoms with Crippen molar-refractivity contribution < 1.29 is 0 Å². The molecule has 3 nitrogen and oxygen atoms in total. The van der Waals surface area contributed by atoms with Crippen LogP contribution >= 0.6 is 0 Å². The molecule has 198 valence electrons. The topological polar surface area (TPSA) is 18.8 Å². The van der Waals surface area contributed by atoms with Crippen molar-refractivity contribution in [2.24, 2.45) is 28.2 Å². The molecule has 4 saturated carbocycles. The average molecular weight is 498 g/mol. The summed E-state index contributed by atoms with van der Waals surface area (Å²) >= 11 is 0. The largest absolute Gasteiger partial charge is 0.337 e. The molecule has 4 heteroatoms. The summed E-state index contributed by atoms with van der Waals surface area (Å²) in [7, 11) is 0. The number of nitrogens with zero attached hydrogens (tertiary/aromatic N) is 3. The van der Waals surface area contributed by atoms with Crippen molar-refractivity contribution in [1.82, 2.24) is 9.80 Å². The van der Waals surface area contributed by atoms with Crippen LogP contribution in [0, 0.1) is 23.2 Å². The van der Waals surface area contributed by atoms with E-state index >= 15 is 0 Å². The van der Waals surface area contributed by atoms with Gasteiger partial charge in [0.05, 0.1) is 12.1 Å². The monoisotopic (exact) mass is 497 g/mol. The fraction of sp³-hybridized carbons (Fsp3) is 0.788. The molecule has 3 aliphatic heterocycles. The molecule has 0 bridgehead atoms. The maximum Gasteiger partial charge on any atom is 0.198 e. The summed E-state index contributed by atoms with van der Waals surface area (Å²) in [5.74, 6) is 5.61. The molecule has 1 aromatic rings. The van der Waals surface area contributed by atoms with Gasteiger partial charge in [0.15, 0.2) is 12.7 Å². The van der Waals surface area contributed by atoms with Crippen LogP contribution in [0.25, 0.3) is 0 Å². The van der Waals surface area contributed by atoms with Crippen molar-refractivity contribution in [3.05, 3.63) is 30.3 Å².